The smallest absolute Gasteiger partial charge is 0.150 e. The molecule has 1 atom stereocenters. The third kappa shape index (κ3) is 2.54. The van der Waals surface area contributed by atoms with Crippen molar-refractivity contribution in [3.05, 3.63) is 18.0 Å². The van der Waals surface area contributed by atoms with Gasteiger partial charge in [0.1, 0.15) is 6.23 Å². The molecule has 0 bridgehead atoms. The minimum absolute atomic E-state index is 0.195. The van der Waals surface area contributed by atoms with Gasteiger partial charge < -0.3 is 4.74 Å². The summed E-state index contributed by atoms with van der Waals surface area (Å²) in [7, 11) is 0. The largest absolute Gasteiger partial charge is 0.357 e. The number of hydrogen-bond donors (Lipinski definition) is 0. The average Bonchev–Trinajstić information content (AvgIpc) is 2.90. The lowest BCUT2D eigenvalue weighted by Crippen LogP contribution is -2.18. The van der Waals surface area contributed by atoms with Crippen LogP contribution in [0, 0.1) is 0 Å². The van der Waals surface area contributed by atoms with Gasteiger partial charge in [0.15, 0.2) is 0 Å². The van der Waals surface area contributed by atoms with Crippen LogP contribution in [0.2, 0.25) is 0 Å². The SMILES string of the molecule is c1nn(C2CCCCO2)cc1C1CCCCC1. The molecule has 1 aromatic heterocycles. The van der Waals surface area contributed by atoms with Crippen LogP contribution >= 0.6 is 0 Å². The zero-order chi connectivity index (χ0) is 11.5. The van der Waals surface area contributed by atoms with Crippen LogP contribution in [0.1, 0.15) is 69.1 Å². The molecule has 1 unspecified atom stereocenters. The monoisotopic (exact) mass is 234 g/mol. The standard InChI is InChI=1S/C14H22N2O/c1-2-6-12(7-3-1)13-10-15-16(11-13)14-8-4-5-9-17-14/h10-12,14H,1-9H2. The quantitative estimate of drug-likeness (QED) is 0.781. The first kappa shape index (κ1) is 11.3. The van der Waals surface area contributed by atoms with Gasteiger partial charge in [-0.3, -0.25) is 0 Å². The van der Waals surface area contributed by atoms with Crippen LogP contribution in [0.3, 0.4) is 0 Å². The van der Waals surface area contributed by atoms with E-state index in [1.54, 1.807) is 0 Å². The molecule has 1 saturated heterocycles. The second-order valence-electron chi connectivity index (χ2n) is 5.41. The average molecular weight is 234 g/mol. The first-order chi connectivity index (χ1) is 8.43. The molecule has 0 spiro atoms. The van der Waals surface area contributed by atoms with E-state index in [1.165, 1.54) is 50.5 Å². The predicted molar refractivity (Wildman–Crippen MR) is 66.9 cm³/mol. The minimum Gasteiger partial charge on any atom is -0.357 e. The van der Waals surface area contributed by atoms with Gasteiger partial charge in [0.05, 0.1) is 6.20 Å². The Kier molecular flexibility index (Phi) is 3.46. The lowest BCUT2D eigenvalue weighted by Gasteiger charge is -2.23. The molecule has 0 radical (unpaired) electrons. The second-order valence-corrected chi connectivity index (χ2v) is 5.41. The van der Waals surface area contributed by atoms with Gasteiger partial charge in [0.25, 0.3) is 0 Å². The van der Waals surface area contributed by atoms with Gasteiger partial charge in [-0.15, -0.1) is 0 Å². The van der Waals surface area contributed by atoms with Crippen molar-refractivity contribution in [2.24, 2.45) is 0 Å². The summed E-state index contributed by atoms with van der Waals surface area (Å²) in [5.41, 5.74) is 1.43. The minimum atomic E-state index is 0.195. The maximum Gasteiger partial charge on any atom is 0.150 e. The van der Waals surface area contributed by atoms with Crippen LogP contribution in [0.25, 0.3) is 0 Å². The molecule has 2 aliphatic rings. The maximum absolute atomic E-state index is 5.77. The summed E-state index contributed by atoms with van der Waals surface area (Å²) in [5, 5.41) is 4.51. The number of nitrogens with zero attached hydrogens (tertiary/aromatic N) is 2. The van der Waals surface area contributed by atoms with Gasteiger partial charge in [-0.25, -0.2) is 4.68 Å². The molecule has 94 valence electrons. The number of hydrogen-bond acceptors (Lipinski definition) is 2. The molecule has 3 rings (SSSR count). The molecule has 3 heteroatoms. The third-order valence-electron chi connectivity index (χ3n) is 4.15. The second kappa shape index (κ2) is 5.21. The van der Waals surface area contributed by atoms with Gasteiger partial charge in [-0.05, 0) is 43.6 Å². The van der Waals surface area contributed by atoms with Crippen LogP contribution in [0.5, 0.6) is 0 Å². The summed E-state index contributed by atoms with van der Waals surface area (Å²) < 4.78 is 7.81. The Morgan fingerprint density at radius 2 is 1.88 bits per heavy atom. The maximum atomic E-state index is 5.77. The molecule has 0 aromatic carbocycles. The molecular formula is C14H22N2O. The van der Waals surface area contributed by atoms with E-state index >= 15 is 0 Å². The van der Waals surface area contributed by atoms with E-state index in [0.29, 0.717) is 0 Å². The van der Waals surface area contributed by atoms with Crippen LogP contribution in [-0.4, -0.2) is 16.4 Å². The van der Waals surface area contributed by atoms with E-state index in [0.717, 1.165) is 18.9 Å². The molecule has 17 heavy (non-hydrogen) atoms. The third-order valence-corrected chi connectivity index (χ3v) is 4.15. The van der Waals surface area contributed by atoms with E-state index in [4.69, 9.17) is 4.74 Å². The Bertz CT molecular complexity index is 316. The number of rotatable bonds is 2. The predicted octanol–water partition coefficient (Wildman–Crippen LogP) is 3.63. The Morgan fingerprint density at radius 3 is 2.65 bits per heavy atom. The Morgan fingerprint density at radius 1 is 1.06 bits per heavy atom. The highest BCUT2D eigenvalue weighted by molar-refractivity contribution is 5.12. The van der Waals surface area contributed by atoms with Crippen molar-refractivity contribution in [3.63, 3.8) is 0 Å². The van der Waals surface area contributed by atoms with Gasteiger partial charge in [-0.2, -0.15) is 5.10 Å². The molecule has 1 aromatic rings. The first-order valence-corrected chi connectivity index (χ1v) is 7.09. The lowest BCUT2D eigenvalue weighted by atomic mass is 9.85. The Balaban J connectivity index is 1.68. The highest BCUT2D eigenvalue weighted by Gasteiger charge is 2.20. The van der Waals surface area contributed by atoms with E-state index in [2.05, 4.69) is 17.5 Å². The summed E-state index contributed by atoms with van der Waals surface area (Å²) in [6, 6.07) is 0. The molecule has 2 fully saturated rings. The molecule has 0 N–H and O–H groups in total. The van der Waals surface area contributed by atoms with Crippen molar-refractivity contribution < 1.29 is 4.74 Å². The van der Waals surface area contributed by atoms with E-state index < -0.39 is 0 Å². The van der Waals surface area contributed by atoms with Crippen molar-refractivity contribution >= 4 is 0 Å². The fourth-order valence-electron chi connectivity index (χ4n) is 3.09. The van der Waals surface area contributed by atoms with Gasteiger partial charge in [-0.1, -0.05) is 19.3 Å². The van der Waals surface area contributed by atoms with Gasteiger partial charge in [0, 0.05) is 12.8 Å². The summed E-state index contributed by atoms with van der Waals surface area (Å²) >= 11 is 0. The molecule has 3 nitrogen and oxygen atoms in total. The highest BCUT2D eigenvalue weighted by Crippen LogP contribution is 2.33. The van der Waals surface area contributed by atoms with Crippen LogP contribution in [0.4, 0.5) is 0 Å². The number of aromatic nitrogens is 2. The molecule has 1 saturated carbocycles. The normalized spacial score (nSPS) is 27.2. The van der Waals surface area contributed by atoms with Gasteiger partial charge >= 0.3 is 0 Å². The molecule has 0 amide bonds. The van der Waals surface area contributed by atoms with E-state index in [-0.39, 0.29) is 6.23 Å². The zero-order valence-corrected chi connectivity index (χ0v) is 10.5. The van der Waals surface area contributed by atoms with Crippen molar-refractivity contribution in [1.82, 2.24) is 9.78 Å². The van der Waals surface area contributed by atoms with Gasteiger partial charge in [0.2, 0.25) is 0 Å². The fraction of sp³-hybridized carbons (Fsp3) is 0.786. The van der Waals surface area contributed by atoms with Crippen LogP contribution < -0.4 is 0 Å². The number of ether oxygens (including phenoxy) is 1. The van der Waals surface area contributed by atoms with E-state index in [9.17, 15) is 0 Å². The molecule has 1 aliphatic carbocycles. The lowest BCUT2D eigenvalue weighted by molar-refractivity contribution is -0.0395. The van der Waals surface area contributed by atoms with Crippen molar-refractivity contribution in [3.8, 4) is 0 Å². The molecule has 2 heterocycles. The van der Waals surface area contributed by atoms with Crippen molar-refractivity contribution in [1.29, 1.82) is 0 Å². The summed E-state index contributed by atoms with van der Waals surface area (Å²) in [6.07, 6.45) is 14.9. The molecule has 1 aliphatic heterocycles. The zero-order valence-electron chi connectivity index (χ0n) is 10.5. The Labute approximate surface area is 103 Å². The Hall–Kier alpha value is -0.830. The first-order valence-electron chi connectivity index (χ1n) is 7.09. The fourth-order valence-corrected chi connectivity index (χ4v) is 3.09. The molecular weight excluding hydrogens is 212 g/mol. The summed E-state index contributed by atoms with van der Waals surface area (Å²) in [6.45, 7) is 0.892. The van der Waals surface area contributed by atoms with Crippen LogP contribution in [-0.2, 0) is 4.74 Å². The highest BCUT2D eigenvalue weighted by atomic mass is 16.5. The summed E-state index contributed by atoms with van der Waals surface area (Å²) in [5.74, 6) is 0.751. The topological polar surface area (TPSA) is 27.1 Å². The van der Waals surface area contributed by atoms with E-state index in [1.807, 2.05) is 4.68 Å². The summed E-state index contributed by atoms with van der Waals surface area (Å²) in [4.78, 5) is 0. The van der Waals surface area contributed by atoms with Crippen LogP contribution in [0.15, 0.2) is 12.4 Å². The van der Waals surface area contributed by atoms with Crippen molar-refractivity contribution in [2.45, 2.75) is 63.5 Å². The van der Waals surface area contributed by atoms with Crippen molar-refractivity contribution in [2.75, 3.05) is 6.61 Å².